The molecule has 3 aromatic rings. The number of aromatic nitrogens is 2. The van der Waals surface area contributed by atoms with Crippen molar-refractivity contribution in [1.29, 1.82) is 0 Å². The molecule has 2 aliphatic rings. The molecular formula is C21H20FN5O2. The van der Waals surface area contributed by atoms with E-state index in [-0.39, 0.29) is 12.6 Å². The highest BCUT2D eigenvalue weighted by molar-refractivity contribution is 5.61. The summed E-state index contributed by atoms with van der Waals surface area (Å²) < 4.78 is 24.8. The Morgan fingerprint density at radius 2 is 1.69 bits per heavy atom. The minimum Gasteiger partial charge on any atom is -0.454 e. The van der Waals surface area contributed by atoms with Gasteiger partial charge < -0.3 is 24.6 Å². The van der Waals surface area contributed by atoms with E-state index in [1.165, 1.54) is 6.07 Å². The van der Waals surface area contributed by atoms with Crippen LogP contribution in [0.3, 0.4) is 0 Å². The summed E-state index contributed by atoms with van der Waals surface area (Å²) in [5.41, 5.74) is 1.48. The van der Waals surface area contributed by atoms with E-state index in [4.69, 9.17) is 9.47 Å². The first-order valence-electron chi connectivity index (χ1n) is 9.50. The Morgan fingerprint density at radius 1 is 0.897 bits per heavy atom. The van der Waals surface area contributed by atoms with Crippen molar-refractivity contribution in [2.45, 2.75) is 0 Å². The van der Waals surface area contributed by atoms with Crippen molar-refractivity contribution >= 4 is 23.1 Å². The van der Waals surface area contributed by atoms with Gasteiger partial charge in [0.1, 0.15) is 11.6 Å². The molecule has 148 valence electrons. The van der Waals surface area contributed by atoms with Gasteiger partial charge in [-0.3, -0.25) is 0 Å². The molecule has 7 nitrogen and oxygen atoms in total. The molecular weight excluding hydrogens is 373 g/mol. The Kier molecular flexibility index (Phi) is 4.51. The largest absolute Gasteiger partial charge is 0.454 e. The predicted molar refractivity (Wildman–Crippen MR) is 109 cm³/mol. The summed E-state index contributed by atoms with van der Waals surface area (Å²) >= 11 is 0. The van der Waals surface area contributed by atoms with E-state index in [0.717, 1.165) is 43.4 Å². The van der Waals surface area contributed by atoms with E-state index in [1.54, 1.807) is 12.3 Å². The molecule has 0 bridgehead atoms. The number of hydrogen-bond acceptors (Lipinski definition) is 7. The van der Waals surface area contributed by atoms with Crippen LogP contribution < -0.4 is 24.6 Å². The van der Waals surface area contributed by atoms with E-state index < -0.39 is 0 Å². The zero-order chi connectivity index (χ0) is 19.6. The Morgan fingerprint density at radius 3 is 2.55 bits per heavy atom. The monoisotopic (exact) mass is 393 g/mol. The molecule has 0 atom stereocenters. The van der Waals surface area contributed by atoms with Gasteiger partial charge in [-0.05, 0) is 30.3 Å². The average Bonchev–Trinajstić information content (AvgIpc) is 3.22. The summed E-state index contributed by atoms with van der Waals surface area (Å²) in [7, 11) is 0. The fourth-order valence-corrected chi connectivity index (χ4v) is 3.57. The van der Waals surface area contributed by atoms with E-state index in [2.05, 4.69) is 25.1 Å². The SMILES string of the molecule is Fc1ccccc1N1CCN(c2ccnc(Nc3ccc4c(c3)OCO4)n2)CC1. The fourth-order valence-electron chi connectivity index (χ4n) is 3.57. The van der Waals surface area contributed by atoms with Gasteiger partial charge in [-0.15, -0.1) is 0 Å². The molecule has 8 heteroatoms. The molecule has 29 heavy (non-hydrogen) atoms. The number of benzene rings is 2. The van der Waals surface area contributed by atoms with Crippen molar-refractivity contribution in [1.82, 2.24) is 9.97 Å². The minimum absolute atomic E-state index is 0.182. The second-order valence-corrected chi connectivity index (χ2v) is 6.86. The second-order valence-electron chi connectivity index (χ2n) is 6.86. The first kappa shape index (κ1) is 17.5. The third-order valence-electron chi connectivity index (χ3n) is 5.07. The number of nitrogens with one attached hydrogen (secondary N) is 1. The van der Waals surface area contributed by atoms with Crippen molar-refractivity contribution in [3.8, 4) is 11.5 Å². The number of rotatable bonds is 4. The second kappa shape index (κ2) is 7.46. The molecule has 0 spiro atoms. The Labute approximate surface area is 167 Å². The summed E-state index contributed by atoms with van der Waals surface area (Å²) in [6.45, 7) is 3.22. The quantitative estimate of drug-likeness (QED) is 0.729. The van der Waals surface area contributed by atoms with Crippen LogP contribution in [-0.2, 0) is 0 Å². The number of ether oxygens (including phenoxy) is 2. The van der Waals surface area contributed by atoms with Crippen LogP contribution >= 0.6 is 0 Å². The van der Waals surface area contributed by atoms with Gasteiger partial charge in [-0.1, -0.05) is 12.1 Å². The van der Waals surface area contributed by atoms with Crippen LogP contribution in [0.25, 0.3) is 0 Å². The Hall–Kier alpha value is -3.55. The molecule has 0 unspecified atom stereocenters. The van der Waals surface area contributed by atoms with Gasteiger partial charge in [-0.2, -0.15) is 4.98 Å². The third kappa shape index (κ3) is 3.61. The molecule has 2 aromatic carbocycles. The molecule has 0 radical (unpaired) electrons. The van der Waals surface area contributed by atoms with Crippen molar-refractivity contribution < 1.29 is 13.9 Å². The first-order chi connectivity index (χ1) is 14.3. The lowest BCUT2D eigenvalue weighted by Crippen LogP contribution is -2.47. The maximum atomic E-state index is 14.0. The van der Waals surface area contributed by atoms with Crippen LogP contribution in [0.2, 0.25) is 0 Å². The summed E-state index contributed by atoms with van der Waals surface area (Å²) in [6.07, 6.45) is 1.74. The highest BCUT2D eigenvalue weighted by atomic mass is 19.1. The molecule has 3 heterocycles. The number of piperazine rings is 1. The standard InChI is InChI=1S/C21H20FN5O2/c22-16-3-1-2-4-17(16)26-9-11-27(12-10-26)20-7-8-23-21(25-20)24-15-5-6-18-19(13-15)29-14-28-18/h1-8,13H,9-12,14H2,(H,23,24,25). The lowest BCUT2D eigenvalue weighted by molar-refractivity contribution is 0.174. The van der Waals surface area contributed by atoms with E-state index in [0.29, 0.717) is 17.4 Å². The molecule has 1 fully saturated rings. The van der Waals surface area contributed by atoms with Gasteiger partial charge in [0.15, 0.2) is 11.5 Å². The van der Waals surface area contributed by atoms with Crippen LogP contribution in [0.1, 0.15) is 0 Å². The molecule has 0 aliphatic carbocycles. The summed E-state index contributed by atoms with van der Waals surface area (Å²) in [4.78, 5) is 13.2. The molecule has 1 aromatic heterocycles. The van der Waals surface area contributed by atoms with E-state index >= 15 is 0 Å². The smallest absolute Gasteiger partial charge is 0.231 e. The maximum absolute atomic E-state index is 14.0. The zero-order valence-corrected chi connectivity index (χ0v) is 15.7. The molecule has 1 N–H and O–H groups in total. The van der Waals surface area contributed by atoms with Crippen molar-refractivity contribution in [2.75, 3.05) is 48.1 Å². The van der Waals surface area contributed by atoms with E-state index in [1.807, 2.05) is 36.4 Å². The third-order valence-corrected chi connectivity index (χ3v) is 5.07. The molecule has 1 saturated heterocycles. The van der Waals surface area contributed by atoms with Crippen molar-refractivity contribution in [2.24, 2.45) is 0 Å². The molecule has 0 amide bonds. The lowest BCUT2D eigenvalue weighted by Gasteiger charge is -2.36. The number of nitrogens with zero attached hydrogens (tertiary/aromatic N) is 4. The van der Waals surface area contributed by atoms with Gasteiger partial charge in [-0.25, -0.2) is 9.37 Å². The molecule has 2 aliphatic heterocycles. The highest BCUT2D eigenvalue weighted by Crippen LogP contribution is 2.34. The minimum atomic E-state index is -0.182. The van der Waals surface area contributed by atoms with Gasteiger partial charge in [0, 0.05) is 44.1 Å². The normalized spacial score (nSPS) is 15.5. The van der Waals surface area contributed by atoms with Crippen molar-refractivity contribution in [3.63, 3.8) is 0 Å². The van der Waals surface area contributed by atoms with Gasteiger partial charge >= 0.3 is 0 Å². The number of anilines is 4. The number of hydrogen-bond donors (Lipinski definition) is 1. The van der Waals surface area contributed by atoms with Crippen molar-refractivity contribution in [3.05, 3.63) is 60.5 Å². The highest BCUT2D eigenvalue weighted by Gasteiger charge is 2.20. The topological polar surface area (TPSA) is 62.8 Å². The van der Waals surface area contributed by atoms with Crippen LogP contribution in [0.15, 0.2) is 54.7 Å². The van der Waals surface area contributed by atoms with Gasteiger partial charge in [0.2, 0.25) is 12.7 Å². The predicted octanol–water partition coefficient (Wildman–Crippen LogP) is 3.41. The maximum Gasteiger partial charge on any atom is 0.231 e. The number of para-hydroxylation sites is 1. The number of halogens is 1. The Balaban J connectivity index is 1.26. The van der Waals surface area contributed by atoms with Gasteiger partial charge in [0.25, 0.3) is 0 Å². The first-order valence-corrected chi connectivity index (χ1v) is 9.50. The summed E-state index contributed by atoms with van der Waals surface area (Å²) in [5.74, 6) is 2.61. The summed E-state index contributed by atoms with van der Waals surface area (Å²) in [5, 5.41) is 3.21. The van der Waals surface area contributed by atoms with E-state index in [9.17, 15) is 4.39 Å². The molecule has 5 rings (SSSR count). The van der Waals surface area contributed by atoms with Gasteiger partial charge in [0.05, 0.1) is 5.69 Å². The fraction of sp³-hybridized carbons (Fsp3) is 0.238. The lowest BCUT2D eigenvalue weighted by atomic mass is 10.2. The zero-order valence-electron chi connectivity index (χ0n) is 15.7. The van der Waals surface area contributed by atoms with Crippen LogP contribution in [0, 0.1) is 5.82 Å². The average molecular weight is 393 g/mol. The Bertz CT molecular complexity index is 1020. The van der Waals surface area contributed by atoms with Crippen LogP contribution in [0.5, 0.6) is 11.5 Å². The molecule has 0 saturated carbocycles. The summed E-state index contributed by atoms with van der Waals surface area (Å²) in [6, 6.07) is 14.4. The van der Waals surface area contributed by atoms with Crippen LogP contribution in [-0.4, -0.2) is 42.9 Å². The number of fused-ring (bicyclic) bond motifs is 1. The van der Waals surface area contributed by atoms with Crippen LogP contribution in [0.4, 0.5) is 27.5 Å².